The lowest BCUT2D eigenvalue weighted by atomic mass is 10.1. The summed E-state index contributed by atoms with van der Waals surface area (Å²) in [6.07, 6.45) is 0.108. The average Bonchev–Trinajstić information content (AvgIpc) is 3.02. The van der Waals surface area contributed by atoms with Gasteiger partial charge in [0.2, 0.25) is 11.8 Å². The zero-order valence-electron chi connectivity index (χ0n) is 14.2. The number of carbonyl (C=O) groups is 3. The van der Waals surface area contributed by atoms with Gasteiger partial charge in [0.25, 0.3) is 5.91 Å². The highest BCUT2D eigenvalue weighted by molar-refractivity contribution is 6.30. The van der Waals surface area contributed by atoms with Crippen LogP contribution in [0.4, 0.5) is 5.69 Å². The lowest BCUT2D eigenvalue weighted by Crippen LogP contribution is -2.45. The maximum Gasteiger partial charge on any atom is 0.269 e. The van der Waals surface area contributed by atoms with Crippen LogP contribution in [0.5, 0.6) is 0 Å². The third-order valence-electron chi connectivity index (χ3n) is 4.31. The maximum atomic E-state index is 12.3. The van der Waals surface area contributed by atoms with Crippen molar-refractivity contribution in [1.29, 1.82) is 0 Å². The fourth-order valence-corrected chi connectivity index (χ4v) is 3.00. The molecule has 26 heavy (non-hydrogen) atoms. The molecule has 2 aromatic carbocycles. The first-order valence-corrected chi connectivity index (χ1v) is 8.55. The molecule has 0 aromatic heterocycles. The highest BCUT2D eigenvalue weighted by atomic mass is 35.5. The molecule has 1 fully saturated rings. The first kappa shape index (κ1) is 17.9. The van der Waals surface area contributed by atoms with Gasteiger partial charge in [-0.25, -0.2) is 0 Å². The molecule has 1 aliphatic heterocycles. The second-order valence-corrected chi connectivity index (χ2v) is 6.58. The number of para-hydroxylation sites is 1. The van der Waals surface area contributed by atoms with Gasteiger partial charge in [-0.15, -0.1) is 0 Å². The van der Waals surface area contributed by atoms with Gasteiger partial charge in [0, 0.05) is 29.2 Å². The predicted octanol–water partition coefficient (Wildman–Crippen LogP) is 2.46. The molecule has 7 heteroatoms. The molecule has 0 bridgehead atoms. The van der Waals surface area contributed by atoms with Gasteiger partial charge in [-0.2, -0.15) is 0 Å². The number of amides is 3. The number of carbonyl (C=O) groups excluding carboxylic acids is 3. The number of rotatable bonds is 3. The SMILES string of the molecule is Cc1ccccc1N1C[C@H](C(=O)NNC(=O)c2ccc(Cl)cc2)CC1=O. The van der Waals surface area contributed by atoms with Crippen molar-refractivity contribution in [3.63, 3.8) is 0 Å². The zero-order valence-corrected chi connectivity index (χ0v) is 14.9. The Morgan fingerprint density at radius 2 is 1.77 bits per heavy atom. The van der Waals surface area contributed by atoms with Crippen LogP contribution in [-0.4, -0.2) is 24.3 Å². The molecule has 2 aromatic rings. The minimum Gasteiger partial charge on any atom is -0.311 e. The third kappa shape index (κ3) is 3.86. The number of anilines is 1. The minimum absolute atomic E-state index is 0.108. The van der Waals surface area contributed by atoms with E-state index in [1.807, 2.05) is 31.2 Å². The Hall–Kier alpha value is -2.86. The van der Waals surface area contributed by atoms with E-state index in [4.69, 9.17) is 11.6 Å². The van der Waals surface area contributed by atoms with Crippen molar-refractivity contribution in [3.05, 3.63) is 64.7 Å². The molecule has 0 radical (unpaired) electrons. The Balaban J connectivity index is 1.59. The van der Waals surface area contributed by atoms with Crippen LogP contribution in [0.3, 0.4) is 0 Å². The molecular weight excluding hydrogens is 354 g/mol. The minimum atomic E-state index is -0.521. The normalized spacial score (nSPS) is 16.5. The molecular formula is C19H18ClN3O3. The van der Waals surface area contributed by atoms with E-state index in [2.05, 4.69) is 10.9 Å². The lowest BCUT2D eigenvalue weighted by Gasteiger charge is -2.19. The van der Waals surface area contributed by atoms with Crippen molar-refractivity contribution < 1.29 is 14.4 Å². The molecule has 0 aliphatic carbocycles. The summed E-state index contributed by atoms with van der Waals surface area (Å²) < 4.78 is 0. The number of nitrogens with zero attached hydrogens (tertiary/aromatic N) is 1. The molecule has 1 aliphatic rings. The Morgan fingerprint density at radius 1 is 1.08 bits per heavy atom. The predicted molar refractivity (Wildman–Crippen MR) is 98.7 cm³/mol. The lowest BCUT2D eigenvalue weighted by molar-refractivity contribution is -0.126. The Morgan fingerprint density at radius 3 is 2.46 bits per heavy atom. The molecule has 3 amide bonds. The van der Waals surface area contributed by atoms with E-state index >= 15 is 0 Å². The molecule has 2 N–H and O–H groups in total. The van der Waals surface area contributed by atoms with Gasteiger partial charge >= 0.3 is 0 Å². The summed E-state index contributed by atoms with van der Waals surface area (Å²) in [6, 6.07) is 13.8. The van der Waals surface area contributed by atoms with Gasteiger partial charge in [-0.1, -0.05) is 29.8 Å². The molecule has 0 unspecified atom stereocenters. The quantitative estimate of drug-likeness (QED) is 0.813. The molecule has 3 rings (SSSR count). The second-order valence-electron chi connectivity index (χ2n) is 6.14. The highest BCUT2D eigenvalue weighted by Gasteiger charge is 2.35. The van der Waals surface area contributed by atoms with Crippen molar-refractivity contribution in [2.45, 2.75) is 13.3 Å². The van der Waals surface area contributed by atoms with Crippen molar-refractivity contribution in [2.24, 2.45) is 5.92 Å². The fraction of sp³-hybridized carbons (Fsp3) is 0.211. The summed E-state index contributed by atoms with van der Waals surface area (Å²) in [5, 5.41) is 0.520. The van der Waals surface area contributed by atoms with Gasteiger partial charge < -0.3 is 4.90 Å². The first-order chi connectivity index (χ1) is 12.5. The van der Waals surface area contributed by atoms with Crippen molar-refractivity contribution >= 4 is 35.0 Å². The van der Waals surface area contributed by atoms with E-state index < -0.39 is 17.7 Å². The van der Waals surface area contributed by atoms with Crippen molar-refractivity contribution in [1.82, 2.24) is 10.9 Å². The van der Waals surface area contributed by atoms with Gasteiger partial charge in [0.15, 0.2) is 0 Å². The summed E-state index contributed by atoms with van der Waals surface area (Å²) in [5.74, 6) is -1.47. The fourth-order valence-electron chi connectivity index (χ4n) is 2.88. The molecule has 1 saturated heterocycles. The van der Waals surface area contributed by atoms with E-state index in [9.17, 15) is 14.4 Å². The number of hydrogen-bond acceptors (Lipinski definition) is 3. The van der Waals surface area contributed by atoms with Crippen LogP contribution >= 0.6 is 11.6 Å². The Kier molecular flexibility index (Phi) is 5.23. The first-order valence-electron chi connectivity index (χ1n) is 8.17. The Bertz CT molecular complexity index is 851. The summed E-state index contributed by atoms with van der Waals surface area (Å²) in [4.78, 5) is 38.2. The summed E-state index contributed by atoms with van der Waals surface area (Å²) >= 11 is 5.78. The molecule has 1 heterocycles. The average molecular weight is 372 g/mol. The van der Waals surface area contributed by atoms with Gasteiger partial charge in [-0.3, -0.25) is 25.2 Å². The number of aryl methyl sites for hydroxylation is 1. The topological polar surface area (TPSA) is 78.5 Å². The van der Waals surface area contributed by atoms with Gasteiger partial charge in [0.1, 0.15) is 0 Å². The summed E-state index contributed by atoms with van der Waals surface area (Å²) in [6.45, 7) is 2.20. The van der Waals surface area contributed by atoms with Crippen LogP contribution < -0.4 is 15.8 Å². The van der Waals surface area contributed by atoms with E-state index in [1.165, 1.54) is 0 Å². The van der Waals surface area contributed by atoms with Crippen LogP contribution in [0.1, 0.15) is 22.3 Å². The standard InChI is InChI=1S/C19H18ClN3O3/c1-12-4-2-3-5-16(12)23-11-14(10-17(23)24)19(26)22-21-18(25)13-6-8-15(20)9-7-13/h2-9,14H,10-11H2,1H3,(H,21,25)(H,22,26)/t14-/m1/s1. The van der Waals surface area contributed by atoms with Crippen LogP contribution in [0, 0.1) is 12.8 Å². The van der Waals surface area contributed by atoms with E-state index in [0.29, 0.717) is 10.6 Å². The molecule has 0 saturated carbocycles. The van der Waals surface area contributed by atoms with Crippen molar-refractivity contribution in [3.8, 4) is 0 Å². The van der Waals surface area contributed by atoms with E-state index in [0.717, 1.165) is 11.3 Å². The Labute approximate surface area is 156 Å². The van der Waals surface area contributed by atoms with Crippen LogP contribution in [0.15, 0.2) is 48.5 Å². The number of nitrogens with one attached hydrogen (secondary N) is 2. The molecule has 0 spiro atoms. The summed E-state index contributed by atoms with van der Waals surface area (Å²) in [7, 11) is 0. The van der Waals surface area contributed by atoms with Gasteiger partial charge in [-0.05, 0) is 42.8 Å². The van der Waals surface area contributed by atoms with Crippen LogP contribution in [0.2, 0.25) is 5.02 Å². The van der Waals surface area contributed by atoms with E-state index in [1.54, 1.807) is 29.2 Å². The zero-order chi connectivity index (χ0) is 18.7. The number of benzene rings is 2. The third-order valence-corrected chi connectivity index (χ3v) is 4.56. The highest BCUT2D eigenvalue weighted by Crippen LogP contribution is 2.27. The van der Waals surface area contributed by atoms with E-state index in [-0.39, 0.29) is 18.9 Å². The monoisotopic (exact) mass is 371 g/mol. The number of hydrazine groups is 1. The summed E-state index contributed by atoms with van der Waals surface area (Å²) in [5.41, 5.74) is 6.91. The molecule has 1 atom stereocenters. The molecule has 6 nitrogen and oxygen atoms in total. The van der Waals surface area contributed by atoms with Crippen LogP contribution in [-0.2, 0) is 9.59 Å². The number of hydrogen-bond donors (Lipinski definition) is 2. The molecule has 134 valence electrons. The van der Waals surface area contributed by atoms with Crippen molar-refractivity contribution in [2.75, 3.05) is 11.4 Å². The largest absolute Gasteiger partial charge is 0.311 e. The second kappa shape index (κ2) is 7.58. The maximum absolute atomic E-state index is 12.3. The smallest absolute Gasteiger partial charge is 0.269 e. The van der Waals surface area contributed by atoms with Crippen LogP contribution in [0.25, 0.3) is 0 Å². The van der Waals surface area contributed by atoms with Gasteiger partial charge in [0.05, 0.1) is 5.92 Å². The number of halogens is 1.